The van der Waals surface area contributed by atoms with Gasteiger partial charge < -0.3 is 10.2 Å². The molecule has 0 aliphatic heterocycles. The van der Waals surface area contributed by atoms with Crippen molar-refractivity contribution in [3.63, 3.8) is 0 Å². The molecule has 0 aliphatic carbocycles. The molecular formula is C13H25ClN4. The maximum Gasteiger partial charge on any atom is 0.131 e. The van der Waals surface area contributed by atoms with Crippen LogP contribution in [0.2, 0.25) is 5.15 Å². The van der Waals surface area contributed by atoms with Crippen LogP contribution in [0, 0.1) is 12.3 Å². The summed E-state index contributed by atoms with van der Waals surface area (Å²) in [6.07, 6.45) is 0. The van der Waals surface area contributed by atoms with Crippen LogP contribution in [0.3, 0.4) is 0 Å². The molecule has 0 aromatic carbocycles. The summed E-state index contributed by atoms with van der Waals surface area (Å²) in [5, 5.41) is 8.52. The van der Waals surface area contributed by atoms with Gasteiger partial charge in [0, 0.05) is 32.2 Å². The van der Waals surface area contributed by atoms with Gasteiger partial charge in [0.05, 0.1) is 5.69 Å². The summed E-state index contributed by atoms with van der Waals surface area (Å²) in [5.41, 5.74) is 2.34. The van der Waals surface area contributed by atoms with E-state index in [4.69, 9.17) is 11.6 Å². The normalized spacial score (nSPS) is 12.4. The van der Waals surface area contributed by atoms with Gasteiger partial charge >= 0.3 is 0 Å². The lowest BCUT2D eigenvalue weighted by Gasteiger charge is -2.28. The van der Waals surface area contributed by atoms with Gasteiger partial charge in [-0.3, -0.25) is 4.68 Å². The molecule has 1 aromatic heterocycles. The van der Waals surface area contributed by atoms with Crippen molar-refractivity contribution in [2.75, 3.05) is 27.2 Å². The van der Waals surface area contributed by atoms with E-state index in [9.17, 15) is 0 Å². The van der Waals surface area contributed by atoms with Crippen LogP contribution < -0.4 is 5.32 Å². The standard InChI is InChI=1S/C13H25ClN4/c1-10-11(12(14)18(6)16-10)7-15-8-13(2,3)9-17(4)5/h15H,7-9H2,1-6H3. The van der Waals surface area contributed by atoms with E-state index in [2.05, 4.69) is 43.3 Å². The van der Waals surface area contributed by atoms with Crippen LogP contribution in [0.1, 0.15) is 25.1 Å². The molecule has 0 atom stereocenters. The number of rotatable bonds is 6. The van der Waals surface area contributed by atoms with Crippen molar-refractivity contribution >= 4 is 11.6 Å². The van der Waals surface area contributed by atoms with Crippen LogP contribution in [0.25, 0.3) is 0 Å². The van der Waals surface area contributed by atoms with E-state index < -0.39 is 0 Å². The quantitative estimate of drug-likeness (QED) is 0.861. The average Bonchev–Trinajstić information content (AvgIpc) is 2.42. The number of aromatic nitrogens is 2. The zero-order valence-corrected chi connectivity index (χ0v) is 13.1. The molecule has 5 heteroatoms. The molecule has 1 heterocycles. The number of aryl methyl sites for hydroxylation is 2. The maximum atomic E-state index is 6.20. The molecule has 18 heavy (non-hydrogen) atoms. The van der Waals surface area contributed by atoms with E-state index in [1.165, 1.54) is 0 Å². The minimum absolute atomic E-state index is 0.242. The Bertz CT molecular complexity index is 396. The molecule has 0 saturated carbocycles. The Balaban J connectivity index is 2.51. The second-order valence-corrected chi connectivity index (χ2v) is 6.34. The molecule has 0 spiro atoms. The third-order valence-electron chi connectivity index (χ3n) is 2.92. The van der Waals surface area contributed by atoms with Crippen LogP contribution in [0.4, 0.5) is 0 Å². The van der Waals surface area contributed by atoms with E-state index in [0.29, 0.717) is 0 Å². The summed E-state index contributed by atoms with van der Waals surface area (Å²) in [5.74, 6) is 0. The highest BCUT2D eigenvalue weighted by molar-refractivity contribution is 6.30. The SMILES string of the molecule is Cc1nn(C)c(Cl)c1CNCC(C)(C)CN(C)C. The van der Waals surface area contributed by atoms with Crippen LogP contribution >= 0.6 is 11.6 Å². The van der Waals surface area contributed by atoms with E-state index in [1.807, 2.05) is 14.0 Å². The highest BCUT2D eigenvalue weighted by Gasteiger charge is 2.19. The average molecular weight is 273 g/mol. The van der Waals surface area contributed by atoms with Crippen molar-refractivity contribution in [2.45, 2.75) is 27.3 Å². The first-order chi connectivity index (χ1) is 8.23. The number of hydrogen-bond donors (Lipinski definition) is 1. The van der Waals surface area contributed by atoms with Gasteiger partial charge in [-0.2, -0.15) is 5.10 Å². The molecule has 0 radical (unpaired) electrons. The second-order valence-electron chi connectivity index (χ2n) is 5.98. The van der Waals surface area contributed by atoms with Crippen LogP contribution in [0.15, 0.2) is 0 Å². The minimum Gasteiger partial charge on any atom is -0.312 e. The molecule has 0 bridgehead atoms. The van der Waals surface area contributed by atoms with Crippen molar-refractivity contribution in [2.24, 2.45) is 12.5 Å². The van der Waals surface area contributed by atoms with Crippen molar-refractivity contribution in [3.05, 3.63) is 16.4 Å². The van der Waals surface area contributed by atoms with E-state index in [-0.39, 0.29) is 5.41 Å². The summed E-state index contributed by atoms with van der Waals surface area (Å²) < 4.78 is 1.72. The summed E-state index contributed by atoms with van der Waals surface area (Å²) in [6, 6.07) is 0. The number of nitrogens with one attached hydrogen (secondary N) is 1. The molecule has 1 aromatic rings. The first-order valence-corrected chi connectivity index (χ1v) is 6.64. The Hall–Kier alpha value is -0.580. The van der Waals surface area contributed by atoms with Crippen molar-refractivity contribution in [3.8, 4) is 0 Å². The Kier molecular flexibility index (Phi) is 5.20. The predicted octanol–water partition coefficient (Wildman–Crippen LogP) is 2.06. The minimum atomic E-state index is 0.242. The predicted molar refractivity (Wildman–Crippen MR) is 77.0 cm³/mol. The van der Waals surface area contributed by atoms with Gasteiger partial charge in [0.15, 0.2) is 0 Å². The van der Waals surface area contributed by atoms with Gasteiger partial charge in [-0.25, -0.2) is 0 Å². The lowest BCUT2D eigenvalue weighted by Crippen LogP contribution is -2.37. The van der Waals surface area contributed by atoms with Crippen molar-refractivity contribution in [1.29, 1.82) is 0 Å². The summed E-state index contributed by atoms with van der Waals surface area (Å²) >= 11 is 6.20. The summed E-state index contributed by atoms with van der Waals surface area (Å²) in [7, 11) is 6.07. The number of halogens is 1. The zero-order valence-electron chi connectivity index (χ0n) is 12.3. The third-order valence-corrected chi connectivity index (χ3v) is 3.39. The fourth-order valence-electron chi connectivity index (χ4n) is 2.31. The lowest BCUT2D eigenvalue weighted by molar-refractivity contribution is 0.232. The highest BCUT2D eigenvalue weighted by atomic mass is 35.5. The molecule has 104 valence electrons. The molecule has 1 N–H and O–H groups in total. The first-order valence-electron chi connectivity index (χ1n) is 6.26. The highest BCUT2D eigenvalue weighted by Crippen LogP contribution is 2.19. The van der Waals surface area contributed by atoms with Gasteiger partial charge in [0.2, 0.25) is 0 Å². The Labute approximate surface area is 115 Å². The molecule has 4 nitrogen and oxygen atoms in total. The maximum absolute atomic E-state index is 6.20. The molecule has 0 aliphatic rings. The Morgan fingerprint density at radius 2 is 2.00 bits per heavy atom. The van der Waals surface area contributed by atoms with E-state index in [0.717, 1.165) is 36.0 Å². The van der Waals surface area contributed by atoms with Gasteiger partial charge in [-0.05, 0) is 26.4 Å². The van der Waals surface area contributed by atoms with Crippen molar-refractivity contribution in [1.82, 2.24) is 20.0 Å². The zero-order chi connectivity index (χ0) is 13.9. The molecule has 1 rings (SSSR count). The molecule has 0 amide bonds. The third kappa shape index (κ3) is 4.26. The summed E-state index contributed by atoms with van der Waals surface area (Å²) in [4.78, 5) is 2.21. The van der Waals surface area contributed by atoms with E-state index >= 15 is 0 Å². The fraction of sp³-hybridized carbons (Fsp3) is 0.769. The Morgan fingerprint density at radius 3 is 2.44 bits per heavy atom. The molecule has 0 unspecified atom stereocenters. The van der Waals surface area contributed by atoms with E-state index in [1.54, 1.807) is 4.68 Å². The number of hydrogen-bond acceptors (Lipinski definition) is 3. The monoisotopic (exact) mass is 272 g/mol. The van der Waals surface area contributed by atoms with Gasteiger partial charge in [-0.1, -0.05) is 25.4 Å². The molecular weight excluding hydrogens is 248 g/mol. The lowest BCUT2D eigenvalue weighted by atomic mass is 9.93. The molecule has 0 saturated heterocycles. The largest absolute Gasteiger partial charge is 0.312 e. The van der Waals surface area contributed by atoms with Gasteiger partial charge in [0.25, 0.3) is 0 Å². The first kappa shape index (κ1) is 15.5. The fourth-order valence-corrected chi connectivity index (χ4v) is 2.55. The second kappa shape index (κ2) is 6.04. The van der Waals surface area contributed by atoms with Gasteiger partial charge in [0.1, 0.15) is 5.15 Å². The van der Waals surface area contributed by atoms with Crippen LogP contribution in [-0.2, 0) is 13.6 Å². The van der Waals surface area contributed by atoms with Crippen LogP contribution in [-0.4, -0.2) is 41.9 Å². The number of nitrogens with zero attached hydrogens (tertiary/aromatic N) is 3. The van der Waals surface area contributed by atoms with Gasteiger partial charge in [-0.15, -0.1) is 0 Å². The van der Waals surface area contributed by atoms with Crippen LogP contribution in [0.5, 0.6) is 0 Å². The summed E-state index contributed by atoms with van der Waals surface area (Å²) in [6.45, 7) is 9.30. The smallest absolute Gasteiger partial charge is 0.131 e. The molecule has 0 fully saturated rings. The topological polar surface area (TPSA) is 33.1 Å². The van der Waals surface area contributed by atoms with Crippen molar-refractivity contribution < 1.29 is 0 Å². The Morgan fingerprint density at radius 1 is 1.39 bits per heavy atom.